The zero-order valence-electron chi connectivity index (χ0n) is 14.6. The summed E-state index contributed by atoms with van der Waals surface area (Å²) in [5.74, 6) is -3.29. The molecule has 0 unspecified atom stereocenters. The van der Waals surface area contributed by atoms with E-state index < -0.39 is 42.1 Å². The molecule has 0 radical (unpaired) electrons. The van der Waals surface area contributed by atoms with E-state index in [0.717, 1.165) is 0 Å². The Balaban J connectivity index is 1.48. The first-order valence-electron chi connectivity index (χ1n) is 8.41. The maximum absolute atomic E-state index is 11.6. The Morgan fingerprint density at radius 3 is 1.26 bits per heavy atom. The van der Waals surface area contributed by atoms with Crippen molar-refractivity contribution in [3.8, 4) is 0 Å². The van der Waals surface area contributed by atoms with Gasteiger partial charge in [0.25, 0.3) is 0 Å². The van der Waals surface area contributed by atoms with Crippen LogP contribution >= 0.6 is 0 Å². The highest BCUT2D eigenvalue weighted by atomic mass is 16.6. The summed E-state index contributed by atoms with van der Waals surface area (Å²) >= 11 is 0. The minimum Gasteiger partial charge on any atom is -0.462 e. The molecule has 8 nitrogen and oxygen atoms in total. The van der Waals surface area contributed by atoms with Gasteiger partial charge in [0.15, 0.2) is 0 Å². The van der Waals surface area contributed by atoms with Crippen LogP contribution in [0.15, 0.2) is 48.6 Å². The largest absolute Gasteiger partial charge is 0.462 e. The predicted molar refractivity (Wildman–Crippen MR) is 92.0 cm³/mol. The van der Waals surface area contributed by atoms with Crippen LogP contribution < -0.4 is 0 Å². The first kappa shape index (κ1) is 20.2. The van der Waals surface area contributed by atoms with Crippen molar-refractivity contribution in [1.82, 2.24) is 0 Å². The van der Waals surface area contributed by atoms with Crippen LogP contribution in [-0.2, 0) is 38.1 Å². The van der Waals surface area contributed by atoms with E-state index in [4.69, 9.17) is 18.9 Å². The molecular formula is C19H20O8. The molecule has 144 valence electrons. The third-order valence-electron chi connectivity index (χ3n) is 3.51. The molecule has 0 aromatic carbocycles. The number of ether oxygens (including phenoxy) is 4. The van der Waals surface area contributed by atoms with Crippen molar-refractivity contribution in [2.24, 2.45) is 11.8 Å². The molecule has 0 fully saturated rings. The van der Waals surface area contributed by atoms with E-state index in [1.165, 1.54) is 0 Å². The van der Waals surface area contributed by atoms with Gasteiger partial charge in [0, 0.05) is 0 Å². The smallest absolute Gasteiger partial charge is 0.317 e. The van der Waals surface area contributed by atoms with E-state index in [1.54, 1.807) is 48.6 Å². The Morgan fingerprint density at radius 1 is 0.556 bits per heavy atom. The number of carbonyl (C=O) groups excluding carboxylic acids is 4. The van der Waals surface area contributed by atoms with Crippen LogP contribution in [0.3, 0.4) is 0 Å². The fraction of sp³-hybridized carbons (Fsp3) is 0.368. The van der Waals surface area contributed by atoms with Gasteiger partial charge in [-0.15, -0.1) is 0 Å². The molecule has 0 aromatic rings. The van der Waals surface area contributed by atoms with Crippen LogP contribution in [0.2, 0.25) is 0 Å². The maximum Gasteiger partial charge on any atom is 0.317 e. The van der Waals surface area contributed by atoms with Gasteiger partial charge in [-0.2, -0.15) is 0 Å². The van der Waals surface area contributed by atoms with Crippen molar-refractivity contribution in [3.05, 3.63) is 48.6 Å². The molecule has 0 N–H and O–H groups in total. The molecule has 0 heterocycles. The zero-order valence-corrected chi connectivity index (χ0v) is 14.6. The molecule has 2 aliphatic carbocycles. The van der Waals surface area contributed by atoms with Crippen molar-refractivity contribution in [2.45, 2.75) is 6.42 Å². The van der Waals surface area contributed by atoms with Crippen LogP contribution in [-0.4, -0.2) is 50.3 Å². The zero-order chi connectivity index (χ0) is 19.5. The number of carbonyl (C=O) groups is 4. The van der Waals surface area contributed by atoms with Gasteiger partial charge in [-0.1, -0.05) is 48.6 Å². The predicted octanol–water partition coefficient (Wildman–Crippen LogP) is 1.03. The average Bonchev–Trinajstić information content (AvgIpc) is 3.35. The lowest BCUT2D eigenvalue weighted by Crippen LogP contribution is -2.21. The first-order valence-corrected chi connectivity index (χ1v) is 8.41. The number of hydrogen-bond acceptors (Lipinski definition) is 8. The first-order chi connectivity index (χ1) is 13.1. The minimum absolute atomic E-state index is 0.0994. The molecule has 0 aromatic heterocycles. The van der Waals surface area contributed by atoms with Crippen LogP contribution in [0.5, 0.6) is 0 Å². The summed E-state index contributed by atoms with van der Waals surface area (Å²) in [4.78, 5) is 46.1. The Labute approximate surface area is 156 Å². The lowest BCUT2D eigenvalue weighted by atomic mass is 10.2. The monoisotopic (exact) mass is 376 g/mol. The molecule has 0 aliphatic heterocycles. The molecule has 0 amide bonds. The van der Waals surface area contributed by atoms with Gasteiger partial charge in [-0.25, -0.2) is 0 Å². The Hall–Kier alpha value is -3.16. The van der Waals surface area contributed by atoms with Crippen molar-refractivity contribution >= 4 is 23.9 Å². The SMILES string of the molecule is O=C(CC(=O)OCCOC(=O)C1C=CC=C1)OCCOC(=O)C1C=CC=C1. The summed E-state index contributed by atoms with van der Waals surface area (Å²) in [6.45, 7) is -0.508. The number of allylic oxidation sites excluding steroid dienone is 4. The van der Waals surface area contributed by atoms with Gasteiger partial charge in [0.2, 0.25) is 0 Å². The molecule has 0 spiro atoms. The Kier molecular flexibility index (Phi) is 8.02. The lowest BCUT2D eigenvalue weighted by molar-refractivity contribution is -0.160. The van der Waals surface area contributed by atoms with Crippen molar-refractivity contribution in [1.29, 1.82) is 0 Å². The van der Waals surface area contributed by atoms with Gasteiger partial charge in [0.1, 0.15) is 32.8 Å². The van der Waals surface area contributed by atoms with Gasteiger partial charge in [-0.3, -0.25) is 19.2 Å². The summed E-state index contributed by atoms with van der Waals surface area (Å²) in [5, 5.41) is 0. The van der Waals surface area contributed by atoms with Gasteiger partial charge < -0.3 is 18.9 Å². The Morgan fingerprint density at radius 2 is 0.889 bits per heavy atom. The van der Waals surface area contributed by atoms with Gasteiger partial charge in [0.05, 0.1) is 11.8 Å². The normalized spacial score (nSPS) is 15.1. The summed E-state index contributed by atoms with van der Waals surface area (Å²) in [5.41, 5.74) is 0. The molecule has 2 rings (SSSR count). The van der Waals surface area contributed by atoms with E-state index in [0.29, 0.717) is 0 Å². The molecule has 8 heteroatoms. The van der Waals surface area contributed by atoms with Crippen LogP contribution in [0.25, 0.3) is 0 Å². The topological polar surface area (TPSA) is 105 Å². The average molecular weight is 376 g/mol. The minimum atomic E-state index is -0.796. The van der Waals surface area contributed by atoms with Crippen LogP contribution in [0.1, 0.15) is 6.42 Å². The van der Waals surface area contributed by atoms with E-state index in [9.17, 15) is 19.2 Å². The lowest BCUT2D eigenvalue weighted by Gasteiger charge is -2.09. The maximum atomic E-state index is 11.6. The fourth-order valence-corrected chi connectivity index (χ4v) is 2.19. The van der Waals surface area contributed by atoms with Crippen LogP contribution in [0.4, 0.5) is 0 Å². The summed E-state index contributed by atoms with van der Waals surface area (Å²) in [6.07, 6.45) is 13.1. The number of hydrogen-bond donors (Lipinski definition) is 0. The highest BCUT2D eigenvalue weighted by molar-refractivity contribution is 5.91. The standard InChI is InChI=1S/C19H20O8/c20-16(24-9-11-26-18(22)14-5-1-2-6-14)13-17(21)25-10-12-27-19(23)15-7-3-4-8-15/h1-8,14-15H,9-13H2. The van der Waals surface area contributed by atoms with Crippen LogP contribution in [0, 0.1) is 11.8 Å². The second-order valence-electron chi connectivity index (χ2n) is 5.54. The van der Waals surface area contributed by atoms with Crippen molar-refractivity contribution in [3.63, 3.8) is 0 Å². The van der Waals surface area contributed by atoms with Crippen molar-refractivity contribution in [2.75, 3.05) is 26.4 Å². The Bertz CT molecular complexity index is 604. The summed E-state index contributed by atoms with van der Waals surface area (Å²) in [7, 11) is 0. The number of esters is 4. The molecule has 0 saturated carbocycles. The molecule has 0 bridgehead atoms. The van der Waals surface area contributed by atoms with Gasteiger partial charge >= 0.3 is 23.9 Å². The van der Waals surface area contributed by atoms with E-state index in [2.05, 4.69) is 0 Å². The summed E-state index contributed by atoms with van der Waals surface area (Å²) < 4.78 is 19.4. The highest BCUT2D eigenvalue weighted by Crippen LogP contribution is 2.11. The van der Waals surface area contributed by atoms with E-state index >= 15 is 0 Å². The second kappa shape index (κ2) is 10.7. The third kappa shape index (κ3) is 7.31. The van der Waals surface area contributed by atoms with Gasteiger partial charge in [-0.05, 0) is 0 Å². The van der Waals surface area contributed by atoms with E-state index in [-0.39, 0.29) is 26.4 Å². The molecular weight excluding hydrogens is 356 g/mol. The molecule has 0 atom stereocenters. The second-order valence-corrected chi connectivity index (χ2v) is 5.54. The number of rotatable bonds is 10. The molecule has 0 saturated heterocycles. The quantitative estimate of drug-likeness (QED) is 0.241. The third-order valence-corrected chi connectivity index (χ3v) is 3.51. The molecule has 27 heavy (non-hydrogen) atoms. The molecule has 2 aliphatic rings. The van der Waals surface area contributed by atoms with Crippen molar-refractivity contribution < 1.29 is 38.1 Å². The summed E-state index contributed by atoms with van der Waals surface area (Å²) in [6, 6.07) is 0. The fourth-order valence-electron chi connectivity index (χ4n) is 2.19. The van der Waals surface area contributed by atoms with E-state index in [1.807, 2.05) is 0 Å². The highest BCUT2D eigenvalue weighted by Gasteiger charge is 2.17.